The lowest BCUT2D eigenvalue weighted by Crippen LogP contribution is -2.51. The molecule has 2 heterocycles. The molecule has 136 valence electrons. The van der Waals surface area contributed by atoms with Crippen molar-refractivity contribution in [1.29, 1.82) is 0 Å². The molecule has 2 amide bonds. The molecular weight excluding hydrogens is 356 g/mol. The van der Waals surface area contributed by atoms with Gasteiger partial charge in [-0.3, -0.25) is 14.4 Å². The van der Waals surface area contributed by atoms with Crippen molar-refractivity contribution in [2.24, 2.45) is 5.92 Å². The average Bonchev–Trinajstić information content (AvgIpc) is 3.02. The van der Waals surface area contributed by atoms with Gasteiger partial charge in [0.2, 0.25) is 11.8 Å². The van der Waals surface area contributed by atoms with Gasteiger partial charge in [0.25, 0.3) is 0 Å². The maximum absolute atomic E-state index is 13.2. The molecule has 0 aromatic carbocycles. The lowest BCUT2D eigenvalue weighted by molar-refractivity contribution is -0.145. The van der Waals surface area contributed by atoms with Crippen LogP contribution in [0.2, 0.25) is 0 Å². The average molecular weight is 381 g/mol. The highest BCUT2D eigenvalue weighted by Gasteiger charge is 2.45. The van der Waals surface area contributed by atoms with Crippen LogP contribution in [0.5, 0.6) is 0 Å². The lowest BCUT2D eigenvalue weighted by Gasteiger charge is -2.34. The van der Waals surface area contributed by atoms with E-state index >= 15 is 0 Å². The summed E-state index contributed by atoms with van der Waals surface area (Å²) in [6.07, 6.45) is 2.12. The summed E-state index contributed by atoms with van der Waals surface area (Å²) in [4.78, 5) is 39.6. The first kappa shape index (κ1) is 18.5. The first-order valence-corrected chi connectivity index (χ1v) is 10.5. The Bertz CT molecular complexity index is 662. The maximum atomic E-state index is 13.2. The van der Waals surface area contributed by atoms with Crippen molar-refractivity contribution in [2.75, 3.05) is 5.75 Å². The summed E-state index contributed by atoms with van der Waals surface area (Å²) in [6, 6.07) is 1.39. The Morgan fingerprint density at radius 3 is 2.52 bits per heavy atom. The van der Waals surface area contributed by atoms with Crippen LogP contribution >= 0.6 is 23.1 Å². The van der Waals surface area contributed by atoms with Gasteiger partial charge in [-0.25, -0.2) is 0 Å². The molecule has 3 rings (SSSR count). The second kappa shape index (κ2) is 7.11. The SMILES string of the molecule is CC(C)(C)NC(=O)[C@H](c1ccsc1)N(C(=O)[C@H]1CSC(=O)C1)C1CC1. The minimum atomic E-state index is -0.619. The third-order valence-corrected chi connectivity index (χ3v) is 6.05. The minimum absolute atomic E-state index is 0.0545. The van der Waals surface area contributed by atoms with Gasteiger partial charge in [-0.1, -0.05) is 11.8 Å². The van der Waals surface area contributed by atoms with Crippen molar-refractivity contribution in [3.05, 3.63) is 22.4 Å². The number of hydrogen-bond acceptors (Lipinski definition) is 5. The largest absolute Gasteiger partial charge is 0.349 e. The standard InChI is InChI=1S/C18H24N2O3S2/c1-18(2,3)19-16(22)15(11-6-7-24-9-11)20(13-4-5-13)17(23)12-8-14(21)25-10-12/h6-7,9,12-13,15H,4-5,8,10H2,1-3H3,(H,19,22)/t12-,15+/m1/s1. The van der Waals surface area contributed by atoms with Crippen molar-refractivity contribution in [1.82, 2.24) is 10.2 Å². The van der Waals surface area contributed by atoms with Gasteiger partial charge in [0, 0.05) is 23.8 Å². The summed E-state index contributed by atoms with van der Waals surface area (Å²) in [7, 11) is 0. The Hall–Kier alpha value is -1.34. The molecule has 2 atom stereocenters. The third-order valence-electron chi connectivity index (χ3n) is 4.29. The smallest absolute Gasteiger partial charge is 0.247 e. The van der Waals surface area contributed by atoms with Crippen LogP contribution in [-0.4, -0.2) is 39.2 Å². The van der Waals surface area contributed by atoms with Crippen LogP contribution in [0.25, 0.3) is 0 Å². The number of nitrogens with one attached hydrogen (secondary N) is 1. The first-order valence-electron chi connectivity index (χ1n) is 8.58. The predicted octanol–water partition coefficient (Wildman–Crippen LogP) is 2.97. The van der Waals surface area contributed by atoms with E-state index < -0.39 is 6.04 Å². The molecule has 1 aliphatic heterocycles. The zero-order chi connectivity index (χ0) is 18.2. The van der Waals surface area contributed by atoms with Gasteiger partial charge in [-0.15, -0.1) is 0 Å². The fourth-order valence-electron chi connectivity index (χ4n) is 3.06. The van der Waals surface area contributed by atoms with Crippen LogP contribution in [0.3, 0.4) is 0 Å². The van der Waals surface area contributed by atoms with E-state index in [9.17, 15) is 14.4 Å². The molecule has 7 heteroatoms. The summed E-state index contributed by atoms with van der Waals surface area (Å²) in [6.45, 7) is 5.81. The van der Waals surface area contributed by atoms with E-state index in [-0.39, 0.29) is 40.8 Å². The second-order valence-electron chi connectivity index (χ2n) is 7.76. The van der Waals surface area contributed by atoms with Gasteiger partial charge in [-0.05, 0) is 56.0 Å². The highest BCUT2D eigenvalue weighted by molar-refractivity contribution is 8.14. The number of thiophene rings is 1. The van der Waals surface area contributed by atoms with Crippen molar-refractivity contribution < 1.29 is 14.4 Å². The summed E-state index contributed by atoms with van der Waals surface area (Å²) < 4.78 is 0. The molecule has 1 saturated carbocycles. The van der Waals surface area contributed by atoms with Gasteiger partial charge >= 0.3 is 0 Å². The van der Waals surface area contributed by atoms with Gasteiger partial charge in [0.05, 0.1) is 5.92 Å². The van der Waals surface area contributed by atoms with Crippen LogP contribution in [0.4, 0.5) is 0 Å². The number of nitrogens with zero attached hydrogens (tertiary/aromatic N) is 1. The van der Waals surface area contributed by atoms with Crippen LogP contribution < -0.4 is 5.32 Å². The van der Waals surface area contributed by atoms with Gasteiger partial charge in [0.15, 0.2) is 5.12 Å². The molecule has 2 fully saturated rings. The predicted molar refractivity (Wildman–Crippen MR) is 100 cm³/mol. The van der Waals surface area contributed by atoms with E-state index in [0.29, 0.717) is 5.75 Å². The molecule has 0 unspecified atom stereocenters. The molecule has 0 spiro atoms. The fourth-order valence-corrected chi connectivity index (χ4v) is 4.70. The number of thioether (sulfide) groups is 1. The van der Waals surface area contributed by atoms with Gasteiger partial charge in [0.1, 0.15) is 6.04 Å². The number of carbonyl (C=O) groups is 3. The van der Waals surface area contributed by atoms with Crippen LogP contribution in [0.1, 0.15) is 51.6 Å². The molecular formula is C18H24N2O3S2. The Kier molecular flexibility index (Phi) is 5.25. The molecule has 25 heavy (non-hydrogen) atoms. The molecule has 0 bridgehead atoms. The van der Waals surface area contributed by atoms with Crippen molar-refractivity contribution in [3.63, 3.8) is 0 Å². The van der Waals surface area contributed by atoms with Gasteiger partial charge < -0.3 is 10.2 Å². The van der Waals surface area contributed by atoms with E-state index in [1.165, 1.54) is 23.1 Å². The molecule has 1 aliphatic carbocycles. The van der Waals surface area contributed by atoms with Gasteiger partial charge in [-0.2, -0.15) is 11.3 Å². The Balaban J connectivity index is 1.90. The summed E-state index contributed by atoms with van der Waals surface area (Å²) in [5.41, 5.74) is 0.479. The summed E-state index contributed by atoms with van der Waals surface area (Å²) in [5, 5.41) is 6.96. The van der Waals surface area contributed by atoms with Crippen molar-refractivity contribution >= 4 is 40.0 Å². The van der Waals surface area contributed by atoms with E-state index in [1.54, 1.807) is 4.90 Å². The highest BCUT2D eigenvalue weighted by atomic mass is 32.2. The van der Waals surface area contributed by atoms with Crippen molar-refractivity contribution in [3.8, 4) is 0 Å². The fraction of sp³-hybridized carbons (Fsp3) is 0.611. The Morgan fingerprint density at radius 1 is 1.32 bits per heavy atom. The lowest BCUT2D eigenvalue weighted by atomic mass is 10.0. The topological polar surface area (TPSA) is 66.5 Å². The maximum Gasteiger partial charge on any atom is 0.247 e. The van der Waals surface area contributed by atoms with E-state index in [4.69, 9.17) is 0 Å². The van der Waals surface area contributed by atoms with Crippen LogP contribution in [0, 0.1) is 5.92 Å². The molecule has 0 radical (unpaired) electrons. The quantitative estimate of drug-likeness (QED) is 0.853. The van der Waals surface area contributed by atoms with E-state index in [2.05, 4.69) is 5.32 Å². The van der Waals surface area contributed by atoms with Crippen molar-refractivity contribution in [2.45, 2.75) is 57.7 Å². The van der Waals surface area contributed by atoms with E-state index in [0.717, 1.165) is 18.4 Å². The molecule has 2 aliphatic rings. The zero-order valence-corrected chi connectivity index (χ0v) is 16.4. The van der Waals surface area contributed by atoms with Crippen LogP contribution in [0.15, 0.2) is 16.8 Å². The highest BCUT2D eigenvalue weighted by Crippen LogP contribution is 2.39. The number of amides is 2. The number of carbonyl (C=O) groups excluding carboxylic acids is 3. The first-order chi connectivity index (χ1) is 11.8. The number of rotatable bonds is 5. The normalized spacial score (nSPS) is 21.9. The second-order valence-corrected chi connectivity index (χ2v) is 9.62. The summed E-state index contributed by atoms with van der Waals surface area (Å²) in [5.74, 6) is 0.0175. The zero-order valence-electron chi connectivity index (χ0n) is 14.8. The summed E-state index contributed by atoms with van der Waals surface area (Å²) >= 11 is 2.75. The minimum Gasteiger partial charge on any atom is -0.349 e. The van der Waals surface area contributed by atoms with Crippen LogP contribution in [-0.2, 0) is 14.4 Å². The third kappa shape index (κ3) is 4.44. The Labute approximate surface area is 156 Å². The molecule has 1 aromatic heterocycles. The molecule has 1 N–H and O–H groups in total. The van der Waals surface area contributed by atoms with E-state index in [1.807, 2.05) is 37.6 Å². The Morgan fingerprint density at radius 2 is 2.04 bits per heavy atom. The number of hydrogen-bond donors (Lipinski definition) is 1. The molecule has 1 aromatic rings. The molecule has 5 nitrogen and oxygen atoms in total. The molecule has 1 saturated heterocycles. The monoisotopic (exact) mass is 380 g/mol.